The monoisotopic (exact) mass is 311 g/mol. The van der Waals surface area contributed by atoms with Crippen LogP contribution in [-0.4, -0.2) is 49.5 Å². The molecule has 0 saturated carbocycles. The Morgan fingerprint density at radius 1 is 1.38 bits per heavy atom. The number of carbonyl (C=O) groups is 1. The maximum atomic E-state index is 12.4. The molecular weight excluding hydrogens is 290 g/mol. The molecule has 0 bridgehead atoms. The van der Waals surface area contributed by atoms with Crippen molar-refractivity contribution >= 4 is 17.2 Å². The van der Waals surface area contributed by atoms with Crippen LogP contribution in [0, 0.1) is 0 Å². The lowest BCUT2D eigenvalue weighted by molar-refractivity contribution is -0.190. The van der Waals surface area contributed by atoms with Crippen molar-refractivity contribution in [1.82, 2.24) is 4.90 Å². The van der Waals surface area contributed by atoms with E-state index in [1.165, 1.54) is 0 Å². The largest absolute Gasteiger partial charge is 0.367 e. The summed E-state index contributed by atoms with van der Waals surface area (Å²) in [5.74, 6) is 0.0808. The summed E-state index contributed by atoms with van der Waals surface area (Å²) >= 11 is 1.65. The molecule has 2 fully saturated rings. The van der Waals surface area contributed by atoms with Gasteiger partial charge in [0.05, 0.1) is 32.3 Å². The summed E-state index contributed by atoms with van der Waals surface area (Å²) in [5.41, 5.74) is 1.15. The van der Waals surface area contributed by atoms with Gasteiger partial charge < -0.3 is 19.1 Å². The Labute approximate surface area is 128 Å². The summed E-state index contributed by atoms with van der Waals surface area (Å²) in [6.07, 6.45) is 0.824. The minimum Gasteiger partial charge on any atom is -0.367 e. The summed E-state index contributed by atoms with van der Waals surface area (Å²) in [6, 6.07) is 2.06. The predicted octanol–water partition coefficient (Wildman–Crippen LogP) is 2.19. The number of rotatable bonds is 3. The van der Waals surface area contributed by atoms with E-state index in [0.29, 0.717) is 32.7 Å². The predicted molar refractivity (Wildman–Crippen MR) is 79.1 cm³/mol. The minimum absolute atomic E-state index is 0.0304. The third-order valence-corrected chi connectivity index (χ3v) is 4.47. The van der Waals surface area contributed by atoms with Gasteiger partial charge in [0.25, 0.3) is 0 Å². The topological polar surface area (TPSA) is 48.0 Å². The van der Waals surface area contributed by atoms with Crippen LogP contribution in [0.5, 0.6) is 0 Å². The number of amides is 1. The van der Waals surface area contributed by atoms with E-state index < -0.39 is 0 Å². The number of hydrogen-bond acceptors (Lipinski definition) is 5. The molecule has 1 amide bonds. The van der Waals surface area contributed by atoms with Gasteiger partial charge in [-0.1, -0.05) is 0 Å². The first-order valence-electron chi connectivity index (χ1n) is 7.41. The molecule has 116 valence electrons. The smallest absolute Gasteiger partial charge is 0.227 e. The SMILES string of the molecule is C[C@H]1CN(C(=O)CC2OCCCO2)C[C@H](c2ccsc2)O1. The molecule has 1 aromatic rings. The maximum Gasteiger partial charge on any atom is 0.227 e. The maximum absolute atomic E-state index is 12.4. The van der Waals surface area contributed by atoms with E-state index in [1.54, 1.807) is 11.3 Å². The highest BCUT2D eigenvalue weighted by Crippen LogP contribution is 2.27. The van der Waals surface area contributed by atoms with Gasteiger partial charge in [0.1, 0.15) is 6.10 Å². The average Bonchev–Trinajstić information content (AvgIpc) is 3.02. The van der Waals surface area contributed by atoms with Crippen molar-refractivity contribution in [3.8, 4) is 0 Å². The van der Waals surface area contributed by atoms with E-state index in [4.69, 9.17) is 14.2 Å². The van der Waals surface area contributed by atoms with E-state index in [9.17, 15) is 4.79 Å². The fourth-order valence-corrected chi connectivity index (χ4v) is 3.43. The highest BCUT2D eigenvalue weighted by atomic mass is 32.1. The Morgan fingerprint density at radius 2 is 2.19 bits per heavy atom. The van der Waals surface area contributed by atoms with E-state index >= 15 is 0 Å². The van der Waals surface area contributed by atoms with Crippen molar-refractivity contribution in [3.05, 3.63) is 22.4 Å². The molecule has 0 radical (unpaired) electrons. The molecule has 0 spiro atoms. The van der Waals surface area contributed by atoms with Crippen LogP contribution in [0.15, 0.2) is 16.8 Å². The van der Waals surface area contributed by atoms with Gasteiger partial charge >= 0.3 is 0 Å². The zero-order valence-corrected chi connectivity index (χ0v) is 13.0. The normalized spacial score (nSPS) is 27.8. The van der Waals surface area contributed by atoms with Crippen LogP contribution in [0.4, 0.5) is 0 Å². The molecule has 2 atom stereocenters. The molecule has 1 aromatic heterocycles. The summed E-state index contributed by atoms with van der Waals surface area (Å²) in [6.45, 7) is 4.59. The second kappa shape index (κ2) is 6.87. The van der Waals surface area contributed by atoms with E-state index in [2.05, 4.69) is 11.4 Å². The number of carbonyl (C=O) groups excluding carboxylic acids is 1. The summed E-state index contributed by atoms with van der Waals surface area (Å²) in [5, 5.41) is 4.12. The molecule has 2 aliphatic heterocycles. The van der Waals surface area contributed by atoms with Crippen LogP contribution < -0.4 is 0 Å². The lowest BCUT2D eigenvalue weighted by Gasteiger charge is -2.37. The first kappa shape index (κ1) is 15.0. The van der Waals surface area contributed by atoms with Gasteiger partial charge in [-0.25, -0.2) is 0 Å². The van der Waals surface area contributed by atoms with Gasteiger partial charge in [-0.2, -0.15) is 11.3 Å². The number of morpholine rings is 1. The van der Waals surface area contributed by atoms with Crippen LogP contribution in [-0.2, 0) is 19.0 Å². The molecule has 5 nitrogen and oxygen atoms in total. The van der Waals surface area contributed by atoms with Crippen molar-refractivity contribution in [1.29, 1.82) is 0 Å². The second-order valence-corrected chi connectivity index (χ2v) is 6.30. The minimum atomic E-state index is -0.385. The molecule has 3 heterocycles. The fourth-order valence-electron chi connectivity index (χ4n) is 2.72. The molecule has 0 unspecified atom stereocenters. The third kappa shape index (κ3) is 3.83. The zero-order chi connectivity index (χ0) is 14.7. The van der Waals surface area contributed by atoms with Crippen LogP contribution in [0.1, 0.15) is 31.4 Å². The number of thiophene rings is 1. The van der Waals surface area contributed by atoms with E-state index in [-0.39, 0.29) is 24.4 Å². The van der Waals surface area contributed by atoms with Gasteiger partial charge in [0, 0.05) is 6.54 Å². The quantitative estimate of drug-likeness (QED) is 0.858. The Balaban J connectivity index is 1.59. The van der Waals surface area contributed by atoms with Gasteiger partial charge in [0.15, 0.2) is 6.29 Å². The highest BCUT2D eigenvalue weighted by molar-refractivity contribution is 7.07. The average molecular weight is 311 g/mol. The Kier molecular flexibility index (Phi) is 4.90. The summed E-state index contributed by atoms with van der Waals surface area (Å²) < 4.78 is 16.9. The molecule has 21 heavy (non-hydrogen) atoms. The molecule has 2 aliphatic rings. The van der Waals surface area contributed by atoms with Crippen LogP contribution in [0.2, 0.25) is 0 Å². The molecule has 6 heteroatoms. The third-order valence-electron chi connectivity index (χ3n) is 3.77. The van der Waals surface area contributed by atoms with Crippen molar-refractivity contribution in [2.45, 2.75) is 38.3 Å². The van der Waals surface area contributed by atoms with Crippen LogP contribution in [0.25, 0.3) is 0 Å². The van der Waals surface area contributed by atoms with Crippen molar-refractivity contribution < 1.29 is 19.0 Å². The molecule has 0 aliphatic carbocycles. The molecular formula is C15H21NO4S. The molecule has 2 saturated heterocycles. The molecule has 3 rings (SSSR count). The Morgan fingerprint density at radius 3 is 2.90 bits per heavy atom. The summed E-state index contributed by atoms with van der Waals surface area (Å²) in [7, 11) is 0. The molecule has 0 N–H and O–H groups in total. The van der Waals surface area contributed by atoms with Crippen molar-refractivity contribution in [3.63, 3.8) is 0 Å². The second-order valence-electron chi connectivity index (χ2n) is 5.52. The summed E-state index contributed by atoms with van der Waals surface area (Å²) in [4.78, 5) is 14.3. The lowest BCUT2D eigenvalue weighted by Crippen LogP contribution is -2.47. The Hall–Kier alpha value is -0.950. The number of hydrogen-bond donors (Lipinski definition) is 0. The van der Waals surface area contributed by atoms with E-state index in [0.717, 1.165) is 12.0 Å². The Bertz CT molecular complexity index is 458. The van der Waals surface area contributed by atoms with Gasteiger partial charge in [-0.05, 0) is 35.7 Å². The van der Waals surface area contributed by atoms with Crippen LogP contribution >= 0.6 is 11.3 Å². The van der Waals surface area contributed by atoms with Crippen LogP contribution in [0.3, 0.4) is 0 Å². The van der Waals surface area contributed by atoms with Gasteiger partial charge in [0.2, 0.25) is 5.91 Å². The van der Waals surface area contributed by atoms with Gasteiger partial charge in [-0.3, -0.25) is 4.79 Å². The molecule has 0 aromatic carbocycles. The van der Waals surface area contributed by atoms with Gasteiger partial charge in [-0.15, -0.1) is 0 Å². The van der Waals surface area contributed by atoms with Crippen molar-refractivity contribution in [2.75, 3.05) is 26.3 Å². The van der Waals surface area contributed by atoms with Crippen molar-refractivity contribution in [2.24, 2.45) is 0 Å². The lowest BCUT2D eigenvalue weighted by atomic mass is 10.1. The first-order valence-corrected chi connectivity index (χ1v) is 8.35. The number of ether oxygens (including phenoxy) is 3. The van der Waals surface area contributed by atoms with E-state index in [1.807, 2.05) is 17.2 Å². The zero-order valence-electron chi connectivity index (χ0n) is 12.2. The number of nitrogens with zero attached hydrogens (tertiary/aromatic N) is 1. The standard InChI is InChI=1S/C15H21NO4S/c1-11-8-16(9-13(20-11)12-3-6-21-10-12)14(17)7-15-18-4-2-5-19-15/h3,6,10-11,13,15H,2,4-5,7-9H2,1H3/t11-,13+/m0/s1. The fraction of sp³-hybridized carbons (Fsp3) is 0.667. The highest BCUT2D eigenvalue weighted by Gasteiger charge is 2.31. The first-order chi connectivity index (χ1) is 10.2.